The van der Waals surface area contributed by atoms with Crippen LogP contribution < -0.4 is 14.9 Å². The van der Waals surface area contributed by atoms with Crippen LogP contribution in [0.25, 0.3) is 6.08 Å². The number of benzene rings is 2. The van der Waals surface area contributed by atoms with Gasteiger partial charge >= 0.3 is 0 Å². The number of hydrogen-bond donors (Lipinski definition) is 1. The van der Waals surface area contributed by atoms with Gasteiger partial charge in [-0.25, -0.2) is 5.43 Å². The minimum absolute atomic E-state index is 0.0843. The van der Waals surface area contributed by atoms with Gasteiger partial charge in [0, 0.05) is 11.8 Å². The van der Waals surface area contributed by atoms with E-state index in [2.05, 4.69) is 17.5 Å². The quantitative estimate of drug-likeness (QED) is 0.592. The van der Waals surface area contributed by atoms with Crippen LogP contribution in [0, 0.1) is 0 Å². The topological polar surface area (TPSA) is 59.9 Å². The number of amides is 1. The van der Waals surface area contributed by atoms with Gasteiger partial charge in [-0.3, -0.25) is 4.79 Å². The molecule has 5 heteroatoms. The average Bonchev–Trinajstić information content (AvgIpc) is 2.66. The summed E-state index contributed by atoms with van der Waals surface area (Å²) in [4.78, 5) is 11.7. The summed E-state index contributed by atoms with van der Waals surface area (Å²) < 4.78 is 10.7. The van der Waals surface area contributed by atoms with Crippen molar-refractivity contribution in [2.75, 3.05) is 13.7 Å². The van der Waals surface area contributed by atoms with E-state index in [4.69, 9.17) is 9.47 Å². The molecule has 1 N–H and O–H groups in total. The van der Waals surface area contributed by atoms with Crippen LogP contribution in [0.2, 0.25) is 0 Å². The van der Waals surface area contributed by atoms with Gasteiger partial charge < -0.3 is 9.47 Å². The molecule has 0 fully saturated rings. The number of hydrogen-bond acceptors (Lipinski definition) is 4. The van der Waals surface area contributed by atoms with Crippen LogP contribution in [0.1, 0.15) is 18.1 Å². The summed E-state index contributed by atoms with van der Waals surface area (Å²) >= 11 is 0. The molecule has 0 aliphatic carbocycles. The van der Waals surface area contributed by atoms with Crippen molar-refractivity contribution >= 4 is 18.2 Å². The summed E-state index contributed by atoms with van der Waals surface area (Å²) in [6, 6.07) is 15.3. The SMILES string of the molecule is CCc1ccc(OCC(=O)N/N=C\C=C\c2ccccc2OC)cc1. The van der Waals surface area contributed by atoms with Crippen molar-refractivity contribution in [3.05, 3.63) is 65.7 Å². The van der Waals surface area contributed by atoms with Gasteiger partial charge in [0.25, 0.3) is 5.91 Å². The molecule has 0 aliphatic heterocycles. The average molecular weight is 338 g/mol. The molecular formula is C20H22N2O3. The number of para-hydroxylation sites is 1. The van der Waals surface area contributed by atoms with Crippen molar-refractivity contribution in [1.82, 2.24) is 5.43 Å². The first-order valence-corrected chi connectivity index (χ1v) is 8.06. The number of carbonyl (C=O) groups excluding carboxylic acids is 1. The number of carbonyl (C=O) groups is 1. The van der Waals surface area contributed by atoms with E-state index in [0.717, 1.165) is 17.7 Å². The van der Waals surface area contributed by atoms with Gasteiger partial charge in [-0.05, 0) is 42.3 Å². The highest BCUT2D eigenvalue weighted by molar-refractivity contribution is 5.82. The molecule has 0 aromatic heterocycles. The molecule has 0 saturated carbocycles. The highest BCUT2D eigenvalue weighted by atomic mass is 16.5. The van der Waals surface area contributed by atoms with Gasteiger partial charge in [0.15, 0.2) is 6.61 Å². The van der Waals surface area contributed by atoms with Crippen LogP contribution in [-0.2, 0) is 11.2 Å². The van der Waals surface area contributed by atoms with E-state index in [9.17, 15) is 4.79 Å². The molecule has 2 rings (SSSR count). The minimum atomic E-state index is -0.318. The maximum Gasteiger partial charge on any atom is 0.277 e. The van der Waals surface area contributed by atoms with Gasteiger partial charge in [-0.15, -0.1) is 0 Å². The Kier molecular flexibility index (Phi) is 7.25. The lowest BCUT2D eigenvalue weighted by atomic mass is 10.2. The molecule has 0 unspecified atom stereocenters. The Morgan fingerprint density at radius 1 is 1.16 bits per heavy atom. The van der Waals surface area contributed by atoms with Crippen molar-refractivity contribution in [2.24, 2.45) is 5.10 Å². The molecule has 130 valence electrons. The molecule has 0 radical (unpaired) electrons. The number of allylic oxidation sites excluding steroid dienone is 1. The molecule has 25 heavy (non-hydrogen) atoms. The number of hydrazone groups is 1. The Hall–Kier alpha value is -3.08. The van der Waals surface area contributed by atoms with Gasteiger partial charge in [0.1, 0.15) is 11.5 Å². The summed E-state index contributed by atoms with van der Waals surface area (Å²) in [5.74, 6) is 1.12. The Morgan fingerprint density at radius 3 is 2.64 bits per heavy atom. The Morgan fingerprint density at radius 2 is 1.92 bits per heavy atom. The molecule has 0 saturated heterocycles. The summed E-state index contributed by atoms with van der Waals surface area (Å²) in [7, 11) is 1.62. The predicted octanol–water partition coefficient (Wildman–Crippen LogP) is 3.45. The summed E-state index contributed by atoms with van der Waals surface area (Å²) in [6.45, 7) is 2.00. The Balaban J connectivity index is 1.75. The molecule has 0 heterocycles. The first-order chi connectivity index (χ1) is 12.2. The van der Waals surface area contributed by atoms with Crippen LogP contribution in [0.15, 0.2) is 59.7 Å². The van der Waals surface area contributed by atoms with Crippen molar-refractivity contribution in [3.63, 3.8) is 0 Å². The number of ether oxygens (including phenoxy) is 2. The third-order valence-corrected chi connectivity index (χ3v) is 3.47. The third kappa shape index (κ3) is 6.14. The molecule has 2 aromatic carbocycles. The zero-order chi connectivity index (χ0) is 17.9. The van der Waals surface area contributed by atoms with Crippen LogP contribution in [0.4, 0.5) is 0 Å². The van der Waals surface area contributed by atoms with Crippen LogP contribution in [-0.4, -0.2) is 25.8 Å². The highest BCUT2D eigenvalue weighted by Crippen LogP contribution is 2.18. The maximum absolute atomic E-state index is 11.7. The molecule has 1 amide bonds. The van der Waals surface area contributed by atoms with Gasteiger partial charge in [-0.2, -0.15) is 5.10 Å². The fourth-order valence-electron chi connectivity index (χ4n) is 2.11. The number of aryl methyl sites for hydroxylation is 1. The second kappa shape index (κ2) is 9.93. The molecule has 0 atom stereocenters. The van der Waals surface area contributed by atoms with E-state index in [1.54, 1.807) is 13.2 Å². The first-order valence-electron chi connectivity index (χ1n) is 8.06. The molecule has 0 aliphatic rings. The summed E-state index contributed by atoms with van der Waals surface area (Å²) in [6.07, 6.45) is 6.04. The lowest BCUT2D eigenvalue weighted by molar-refractivity contribution is -0.123. The second-order valence-corrected chi connectivity index (χ2v) is 5.20. The molecule has 0 spiro atoms. The molecule has 0 bridgehead atoms. The van der Waals surface area contributed by atoms with Crippen molar-refractivity contribution < 1.29 is 14.3 Å². The van der Waals surface area contributed by atoms with Crippen molar-refractivity contribution in [1.29, 1.82) is 0 Å². The second-order valence-electron chi connectivity index (χ2n) is 5.20. The fourth-order valence-corrected chi connectivity index (χ4v) is 2.11. The minimum Gasteiger partial charge on any atom is -0.496 e. The number of methoxy groups -OCH3 is 1. The van der Waals surface area contributed by atoms with Gasteiger partial charge in [0.2, 0.25) is 0 Å². The first kappa shape index (κ1) is 18.3. The van der Waals surface area contributed by atoms with Crippen LogP contribution in [0.5, 0.6) is 11.5 Å². The van der Waals surface area contributed by atoms with Crippen LogP contribution >= 0.6 is 0 Å². The Bertz CT molecular complexity index is 737. The summed E-state index contributed by atoms with van der Waals surface area (Å²) in [5, 5.41) is 3.85. The smallest absolute Gasteiger partial charge is 0.277 e. The maximum atomic E-state index is 11.7. The third-order valence-electron chi connectivity index (χ3n) is 3.47. The van der Waals surface area contributed by atoms with Crippen LogP contribution in [0.3, 0.4) is 0 Å². The Labute approximate surface area is 148 Å². The van der Waals surface area contributed by atoms with Crippen molar-refractivity contribution in [3.8, 4) is 11.5 Å². The molecule has 2 aromatic rings. The largest absolute Gasteiger partial charge is 0.496 e. The highest BCUT2D eigenvalue weighted by Gasteiger charge is 2.01. The number of nitrogens with one attached hydrogen (secondary N) is 1. The zero-order valence-corrected chi connectivity index (χ0v) is 14.4. The van der Waals surface area contributed by atoms with E-state index >= 15 is 0 Å². The molecular weight excluding hydrogens is 316 g/mol. The van der Waals surface area contributed by atoms with Gasteiger partial charge in [-0.1, -0.05) is 37.3 Å². The zero-order valence-electron chi connectivity index (χ0n) is 14.4. The molecule has 5 nitrogen and oxygen atoms in total. The summed E-state index contributed by atoms with van der Waals surface area (Å²) in [5.41, 5.74) is 4.57. The fraction of sp³-hybridized carbons (Fsp3) is 0.200. The van der Waals surface area contributed by atoms with E-state index in [-0.39, 0.29) is 12.5 Å². The normalized spacial score (nSPS) is 11.0. The van der Waals surface area contributed by atoms with Crippen molar-refractivity contribution in [2.45, 2.75) is 13.3 Å². The predicted molar refractivity (Wildman–Crippen MR) is 100.0 cm³/mol. The monoisotopic (exact) mass is 338 g/mol. The van der Waals surface area contributed by atoms with E-state index < -0.39 is 0 Å². The number of nitrogens with zero attached hydrogens (tertiary/aromatic N) is 1. The lowest BCUT2D eigenvalue weighted by Gasteiger charge is -2.05. The number of rotatable bonds is 8. The standard InChI is InChI=1S/C20H22N2O3/c1-3-16-10-12-18(13-11-16)25-15-20(23)22-21-14-6-8-17-7-4-5-9-19(17)24-2/h4-14H,3,15H2,1-2H3,(H,22,23)/b8-6+,21-14-. The van der Waals surface area contributed by atoms with E-state index in [1.165, 1.54) is 11.8 Å². The van der Waals surface area contributed by atoms with E-state index in [0.29, 0.717) is 5.75 Å². The van der Waals surface area contributed by atoms with E-state index in [1.807, 2.05) is 54.6 Å². The lowest BCUT2D eigenvalue weighted by Crippen LogP contribution is -2.24. The van der Waals surface area contributed by atoms with Gasteiger partial charge in [0.05, 0.1) is 7.11 Å².